The summed E-state index contributed by atoms with van der Waals surface area (Å²) < 4.78 is 36.1. The van der Waals surface area contributed by atoms with Crippen LogP contribution < -0.4 is 5.73 Å². The van der Waals surface area contributed by atoms with Gasteiger partial charge in [-0.25, -0.2) is 8.42 Å². The molecule has 0 saturated heterocycles. The molecule has 0 radical (unpaired) electrons. The molecule has 1 aromatic rings. The average Bonchev–Trinajstić information content (AvgIpc) is 2.45. The van der Waals surface area contributed by atoms with Crippen LogP contribution in [0, 0.1) is 0 Å². The van der Waals surface area contributed by atoms with Gasteiger partial charge in [-0.05, 0) is 24.1 Å². The smallest absolute Gasteiger partial charge is 0.179 e. The van der Waals surface area contributed by atoms with Gasteiger partial charge in [0, 0.05) is 28.9 Å². The summed E-state index contributed by atoms with van der Waals surface area (Å²) in [4.78, 5) is 0.269. The number of unbranched alkanes of at least 4 members (excludes halogenated alkanes) is 2. The molecule has 4 nitrogen and oxygen atoms in total. The van der Waals surface area contributed by atoms with Gasteiger partial charge in [-0.15, -0.1) is 0 Å². The molecule has 0 fully saturated rings. The monoisotopic (exact) mass is 317 g/mol. The molecule has 6 heteroatoms. The highest BCUT2D eigenvalue weighted by Crippen LogP contribution is 2.13. The maximum atomic E-state index is 12.2. The van der Waals surface area contributed by atoms with E-state index >= 15 is 0 Å². The van der Waals surface area contributed by atoms with Crippen LogP contribution in [0.15, 0.2) is 29.2 Å². The van der Waals surface area contributed by atoms with Gasteiger partial charge in [0.25, 0.3) is 0 Å². The maximum Gasteiger partial charge on any atom is 0.179 e. The Balaban J connectivity index is 2.59. The van der Waals surface area contributed by atoms with E-state index in [0.29, 0.717) is 12.3 Å². The van der Waals surface area contributed by atoms with Crippen LogP contribution in [0.4, 0.5) is 0 Å². The quantitative estimate of drug-likeness (QED) is 0.705. The fourth-order valence-corrected chi connectivity index (χ4v) is 5.01. The van der Waals surface area contributed by atoms with Crippen LogP contribution in [-0.2, 0) is 27.2 Å². The second-order valence-corrected chi connectivity index (χ2v) is 8.53. The van der Waals surface area contributed by atoms with Crippen molar-refractivity contribution in [2.45, 2.75) is 37.6 Å². The van der Waals surface area contributed by atoms with Crippen molar-refractivity contribution in [1.29, 1.82) is 0 Å². The molecule has 0 aliphatic carbocycles. The lowest BCUT2D eigenvalue weighted by molar-refractivity contribution is 0.596. The Bertz CT molecular complexity index is 541. The van der Waals surface area contributed by atoms with E-state index in [1.807, 2.05) is 0 Å². The topological polar surface area (TPSA) is 77.2 Å². The van der Waals surface area contributed by atoms with Crippen molar-refractivity contribution in [3.8, 4) is 0 Å². The Hall–Kier alpha value is -0.720. The molecule has 0 aliphatic heterocycles. The van der Waals surface area contributed by atoms with Crippen LogP contribution in [-0.4, -0.2) is 29.9 Å². The standard InChI is InChI=1S/C14H23NO3S2/c1-2-3-4-8-19(16)9-10-20(17,18)14-7-5-6-13(11-14)12-15/h5-7,11H,2-4,8-10,12,15H2,1H3. The summed E-state index contributed by atoms with van der Waals surface area (Å²) in [7, 11) is -4.42. The highest BCUT2D eigenvalue weighted by Gasteiger charge is 2.16. The summed E-state index contributed by atoms with van der Waals surface area (Å²) in [5, 5.41) is 0. The molecule has 0 saturated carbocycles. The summed E-state index contributed by atoms with van der Waals surface area (Å²) in [5.74, 6) is 0.727. The normalized spacial score (nSPS) is 13.3. The van der Waals surface area contributed by atoms with E-state index in [2.05, 4.69) is 6.92 Å². The van der Waals surface area contributed by atoms with Gasteiger partial charge in [-0.2, -0.15) is 0 Å². The third-order valence-corrected chi connectivity index (χ3v) is 6.42. The molecule has 1 atom stereocenters. The van der Waals surface area contributed by atoms with Crippen molar-refractivity contribution in [1.82, 2.24) is 0 Å². The Morgan fingerprint density at radius 3 is 2.60 bits per heavy atom. The summed E-state index contributed by atoms with van der Waals surface area (Å²) in [6, 6.07) is 6.64. The van der Waals surface area contributed by atoms with Crippen molar-refractivity contribution >= 4 is 20.6 Å². The third-order valence-electron chi connectivity index (χ3n) is 3.05. The number of sulfone groups is 1. The van der Waals surface area contributed by atoms with E-state index in [9.17, 15) is 12.6 Å². The predicted octanol–water partition coefficient (Wildman–Crippen LogP) is 1.86. The van der Waals surface area contributed by atoms with Gasteiger partial charge >= 0.3 is 0 Å². The summed E-state index contributed by atoms with van der Waals surface area (Å²) in [6.45, 7) is 2.39. The Morgan fingerprint density at radius 2 is 1.95 bits per heavy atom. The van der Waals surface area contributed by atoms with E-state index in [1.54, 1.807) is 24.3 Å². The van der Waals surface area contributed by atoms with Crippen LogP contribution in [0.5, 0.6) is 0 Å². The number of benzene rings is 1. The first kappa shape index (κ1) is 17.3. The third kappa shape index (κ3) is 5.73. The zero-order valence-corrected chi connectivity index (χ0v) is 13.5. The molecule has 0 amide bonds. The molecule has 0 spiro atoms. The Kier molecular flexibility index (Phi) is 7.40. The highest BCUT2D eigenvalue weighted by atomic mass is 32.2. The second kappa shape index (κ2) is 8.54. The minimum atomic E-state index is -3.37. The molecule has 0 aromatic heterocycles. The minimum Gasteiger partial charge on any atom is -0.326 e. The molecule has 1 rings (SSSR count). The van der Waals surface area contributed by atoms with Gasteiger partial charge in [0.1, 0.15) is 0 Å². The molecular weight excluding hydrogens is 294 g/mol. The fourth-order valence-electron chi connectivity index (χ4n) is 1.80. The molecule has 0 aliphatic rings. The average molecular weight is 317 g/mol. The second-order valence-electron chi connectivity index (χ2n) is 4.73. The van der Waals surface area contributed by atoms with Crippen molar-refractivity contribution < 1.29 is 12.6 Å². The summed E-state index contributed by atoms with van der Waals surface area (Å²) in [6.07, 6.45) is 3.00. The Labute approximate surface area is 124 Å². The van der Waals surface area contributed by atoms with Gasteiger partial charge in [0.2, 0.25) is 0 Å². The lowest BCUT2D eigenvalue weighted by Gasteiger charge is -2.06. The zero-order chi connectivity index (χ0) is 15.0. The first-order valence-electron chi connectivity index (χ1n) is 6.86. The van der Waals surface area contributed by atoms with E-state index in [0.717, 1.165) is 24.8 Å². The summed E-state index contributed by atoms with van der Waals surface area (Å²) in [5.41, 5.74) is 6.30. The van der Waals surface area contributed by atoms with Gasteiger partial charge in [0.05, 0.1) is 10.6 Å². The highest BCUT2D eigenvalue weighted by molar-refractivity contribution is 7.93. The van der Waals surface area contributed by atoms with Crippen LogP contribution in [0.1, 0.15) is 31.7 Å². The lowest BCUT2D eigenvalue weighted by Crippen LogP contribution is -2.15. The first-order valence-corrected chi connectivity index (χ1v) is 10.0. The molecule has 20 heavy (non-hydrogen) atoms. The molecule has 114 valence electrons. The SMILES string of the molecule is CCCCCS(=O)CCS(=O)(=O)c1cccc(CN)c1. The minimum absolute atomic E-state index is 0.0697. The molecule has 2 N–H and O–H groups in total. The van der Waals surface area contributed by atoms with Crippen LogP contribution >= 0.6 is 0 Å². The van der Waals surface area contributed by atoms with Gasteiger partial charge < -0.3 is 5.73 Å². The molecular formula is C14H23NO3S2. The lowest BCUT2D eigenvalue weighted by atomic mass is 10.2. The van der Waals surface area contributed by atoms with Crippen LogP contribution in [0.2, 0.25) is 0 Å². The van der Waals surface area contributed by atoms with Crippen molar-refractivity contribution in [2.24, 2.45) is 5.73 Å². The van der Waals surface area contributed by atoms with E-state index < -0.39 is 20.6 Å². The molecule has 1 unspecified atom stereocenters. The Morgan fingerprint density at radius 1 is 1.20 bits per heavy atom. The van der Waals surface area contributed by atoms with E-state index in [4.69, 9.17) is 5.73 Å². The van der Waals surface area contributed by atoms with E-state index in [1.165, 1.54) is 0 Å². The largest absolute Gasteiger partial charge is 0.326 e. The zero-order valence-electron chi connectivity index (χ0n) is 11.9. The molecule has 0 bridgehead atoms. The van der Waals surface area contributed by atoms with Gasteiger partial charge in [-0.1, -0.05) is 31.9 Å². The first-order chi connectivity index (χ1) is 9.49. The van der Waals surface area contributed by atoms with Crippen LogP contribution in [0.3, 0.4) is 0 Å². The van der Waals surface area contributed by atoms with Crippen molar-refractivity contribution in [3.05, 3.63) is 29.8 Å². The number of hydrogen-bond acceptors (Lipinski definition) is 4. The van der Waals surface area contributed by atoms with Crippen molar-refractivity contribution in [3.63, 3.8) is 0 Å². The van der Waals surface area contributed by atoms with Gasteiger partial charge in [0.15, 0.2) is 9.84 Å². The fraction of sp³-hybridized carbons (Fsp3) is 0.571. The van der Waals surface area contributed by atoms with Crippen LogP contribution in [0.25, 0.3) is 0 Å². The summed E-state index contributed by atoms with van der Waals surface area (Å²) >= 11 is 0. The van der Waals surface area contributed by atoms with Gasteiger partial charge in [-0.3, -0.25) is 4.21 Å². The predicted molar refractivity (Wildman–Crippen MR) is 83.8 cm³/mol. The van der Waals surface area contributed by atoms with E-state index in [-0.39, 0.29) is 16.4 Å². The van der Waals surface area contributed by atoms with Crippen molar-refractivity contribution in [2.75, 3.05) is 17.3 Å². The molecule has 1 aromatic carbocycles. The number of nitrogens with two attached hydrogens (primary N) is 1. The number of rotatable bonds is 9. The number of hydrogen-bond donors (Lipinski definition) is 1. The molecule has 0 heterocycles. The maximum absolute atomic E-state index is 12.2.